The van der Waals surface area contributed by atoms with Crippen LogP contribution < -0.4 is 16.4 Å². The fraction of sp³-hybridized carbons (Fsp3) is 0.188. The van der Waals surface area contributed by atoms with Crippen LogP contribution in [0.15, 0.2) is 110 Å². The molecule has 0 unspecified atom stereocenters. The lowest BCUT2D eigenvalue weighted by Crippen LogP contribution is -2.14. The molecule has 196 valence electrons. The van der Waals surface area contributed by atoms with Crippen molar-refractivity contribution in [3.8, 4) is 11.3 Å². The molecule has 4 N–H and O–H groups in total. The molecule has 0 aliphatic carbocycles. The largest absolute Gasteiger partial charge is 0.397 e. The first-order valence-corrected chi connectivity index (χ1v) is 12.5. The van der Waals surface area contributed by atoms with Crippen LogP contribution in [0.25, 0.3) is 16.8 Å². The van der Waals surface area contributed by atoms with Gasteiger partial charge in [0.15, 0.2) is 0 Å². The lowest BCUT2D eigenvalue weighted by Gasteiger charge is -2.17. The molecule has 0 atom stereocenters. The highest BCUT2D eigenvalue weighted by atomic mass is 19.1. The fourth-order valence-electron chi connectivity index (χ4n) is 3.82. The van der Waals surface area contributed by atoms with Gasteiger partial charge in [0.2, 0.25) is 0 Å². The zero-order valence-corrected chi connectivity index (χ0v) is 22.6. The number of rotatable bonds is 11. The normalized spacial score (nSPS) is 12.1. The summed E-state index contributed by atoms with van der Waals surface area (Å²) in [7, 11) is 0. The summed E-state index contributed by atoms with van der Waals surface area (Å²) in [5.74, 6) is 0.0317. The number of nitrogens with zero attached hydrogens (tertiary/aromatic N) is 2. The molecule has 3 aromatic rings. The third-order valence-corrected chi connectivity index (χ3v) is 6.23. The van der Waals surface area contributed by atoms with E-state index in [1.807, 2.05) is 32.1 Å². The van der Waals surface area contributed by atoms with E-state index in [0.29, 0.717) is 18.0 Å². The predicted octanol–water partition coefficient (Wildman–Crippen LogP) is 7.66. The van der Waals surface area contributed by atoms with Gasteiger partial charge in [-0.25, -0.2) is 4.39 Å². The summed E-state index contributed by atoms with van der Waals surface area (Å²) in [6.07, 6.45) is 9.35. The van der Waals surface area contributed by atoms with E-state index >= 15 is 0 Å². The Morgan fingerprint density at radius 3 is 2.45 bits per heavy atom. The van der Waals surface area contributed by atoms with E-state index in [2.05, 4.69) is 54.2 Å². The molecule has 0 saturated carbocycles. The van der Waals surface area contributed by atoms with Gasteiger partial charge in [-0.2, -0.15) is 0 Å². The molecule has 3 rings (SSSR count). The van der Waals surface area contributed by atoms with Gasteiger partial charge in [0.25, 0.3) is 0 Å². The third kappa shape index (κ3) is 7.29. The smallest absolute Gasteiger partial charge is 0.123 e. The van der Waals surface area contributed by atoms with Crippen molar-refractivity contribution in [3.63, 3.8) is 0 Å². The van der Waals surface area contributed by atoms with E-state index in [9.17, 15) is 4.39 Å². The standard InChI is InChI=1S/C32H36FN5/c1-8-9-30(25-10-12-28(33)13-11-25)22(5)24(7)37-21(4)14-26-16-32(36-19-31(26)34)27-15-29(18-35-17-27)38-23(6)20(2)3/h8-13,15-20,37-38H,1,4,6,14,34H2,2-3,5,7H3/b24-22+,30-9+. The van der Waals surface area contributed by atoms with Gasteiger partial charge in [-0.1, -0.05) is 57.9 Å². The molecular formula is C32H36FN5. The highest BCUT2D eigenvalue weighted by Gasteiger charge is 2.11. The minimum absolute atomic E-state index is 0.273. The highest BCUT2D eigenvalue weighted by molar-refractivity contribution is 5.80. The maximum absolute atomic E-state index is 13.4. The van der Waals surface area contributed by atoms with E-state index in [4.69, 9.17) is 5.73 Å². The Kier molecular flexibility index (Phi) is 9.39. The van der Waals surface area contributed by atoms with Crippen LogP contribution in [-0.2, 0) is 6.42 Å². The number of allylic oxidation sites excluding steroid dienone is 7. The molecule has 1 aromatic carbocycles. The van der Waals surface area contributed by atoms with Gasteiger partial charge < -0.3 is 16.4 Å². The Hall–Kier alpha value is -4.45. The number of pyridine rings is 2. The van der Waals surface area contributed by atoms with Gasteiger partial charge in [-0.05, 0) is 66.3 Å². The Labute approximate surface area is 225 Å². The number of hydrogen-bond donors (Lipinski definition) is 3. The van der Waals surface area contributed by atoms with Crippen molar-refractivity contribution >= 4 is 16.9 Å². The van der Waals surface area contributed by atoms with Crippen molar-refractivity contribution < 1.29 is 4.39 Å². The van der Waals surface area contributed by atoms with E-state index in [-0.39, 0.29) is 5.82 Å². The molecule has 0 fully saturated rings. The molecule has 38 heavy (non-hydrogen) atoms. The average Bonchev–Trinajstić information content (AvgIpc) is 2.88. The minimum Gasteiger partial charge on any atom is -0.397 e. The van der Waals surface area contributed by atoms with Crippen LogP contribution in [0.4, 0.5) is 15.8 Å². The number of benzene rings is 1. The maximum Gasteiger partial charge on any atom is 0.123 e. The molecule has 0 radical (unpaired) electrons. The van der Waals surface area contributed by atoms with E-state index in [1.54, 1.807) is 36.8 Å². The first-order valence-electron chi connectivity index (χ1n) is 12.5. The Morgan fingerprint density at radius 1 is 1.08 bits per heavy atom. The van der Waals surface area contributed by atoms with Crippen LogP contribution in [0.5, 0.6) is 0 Å². The zero-order chi connectivity index (χ0) is 27.8. The van der Waals surface area contributed by atoms with Crippen molar-refractivity contribution in [1.29, 1.82) is 0 Å². The third-order valence-electron chi connectivity index (χ3n) is 6.23. The molecule has 6 heteroatoms. The molecular weight excluding hydrogens is 473 g/mol. The van der Waals surface area contributed by atoms with Crippen molar-refractivity contribution in [2.75, 3.05) is 11.1 Å². The lowest BCUT2D eigenvalue weighted by atomic mass is 9.97. The highest BCUT2D eigenvalue weighted by Crippen LogP contribution is 2.27. The molecule has 0 aliphatic heterocycles. The number of aromatic nitrogens is 2. The molecule has 0 spiro atoms. The number of anilines is 2. The fourth-order valence-corrected chi connectivity index (χ4v) is 3.82. The summed E-state index contributed by atoms with van der Waals surface area (Å²) in [5, 5.41) is 6.71. The number of nitrogens with two attached hydrogens (primary N) is 1. The molecule has 2 aromatic heterocycles. The number of hydrogen-bond acceptors (Lipinski definition) is 5. The van der Waals surface area contributed by atoms with Crippen LogP contribution >= 0.6 is 0 Å². The molecule has 5 nitrogen and oxygen atoms in total. The number of nitrogens with one attached hydrogen (secondary N) is 2. The predicted molar refractivity (Wildman–Crippen MR) is 158 cm³/mol. The number of halogens is 1. The molecule has 0 saturated heterocycles. The topological polar surface area (TPSA) is 75.9 Å². The van der Waals surface area contributed by atoms with Crippen molar-refractivity contribution in [3.05, 3.63) is 126 Å². The maximum atomic E-state index is 13.4. The Bertz CT molecular complexity index is 1400. The van der Waals surface area contributed by atoms with Crippen molar-refractivity contribution in [2.45, 2.75) is 34.1 Å². The van der Waals surface area contributed by atoms with E-state index < -0.39 is 0 Å². The summed E-state index contributed by atoms with van der Waals surface area (Å²) in [5.41, 5.74) is 15.7. The molecule has 2 heterocycles. The quantitative estimate of drug-likeness (QED) is 0.231. The van der Waals surface area contributed by atoms with Gasteiger partial charge in [0.1, 0.15) is 5.82 Å². The monoisotopic (exact) mass is 509 g/mol. The van der Waals surface area contributed by atoms with Gasteiger partial charge in [0, 0.05) is 35.3 Å². The molecule has 0 bridgehead atoms. The van der Waals surface area contributed by atoms with Crippen LogP contribution in [-0.4, -0.2) is 9.97 Å². The van der Waals surface area contributed by atoms with Crippen molar-refractivity contribution in [2.24, 2.45) is 5.92 Å². The summed E-state index contributed by atoms with van der Waals surface area (Å²) in [6.45, 7) is 20.3. The summed E-state index contributed by atoms with van der Waals surface area (Å²) < 4.78 is 13.4. The lowest BCUT2D eigenvalue weighted by molar-refractivity contribution is 0.627. The van der Waals surface area contributed by atoms with E-state index in [1.165, 1.54) is 12.1 Å². The zero-order valence-electron chi connectivity index (χ0n) is 22.6. The second-order valence-corrected chi connectivity index (χ2v) is 9.51. The molecule has 0 aliphatic rings. The second-order valence-electron chi connectivity index (χ2n) is 9.51. The van der Waals surface area contributed by atoms with Gasteiger partial charge >= 0.3 is 0 Å². The van der Waals surface area contributed by atoms with Gasteiger partial charge in [-0.3, -0.25) is 9.97 Å². The number of nitrogen functional groups attached to an aromatic ring is 1. The van der Waals surface area contributed by atoms with Crippen molar-refractivity contribution in [1.82, 2.24) is 15.3 Å². The Morgan fingerprint density at radius 2 is 1.79 bits per heavy atom. The Balaban J connectivity index is 1.80. The average molecular weight is 510 g/mol. The summed E-state index contributed by atoms with van der Waals surface area (Å²) >= 11 is 0. The van der Waals surface area contributed by atoms with E-state index in [0.717, 1.165) is 56.3 Å². The minimum atomic E-state index is -0.273. The summed E-state index contributed by atoms with van der Waals surface area (Å²) in [4.78, 5) is 8.89. The first kappa shape index (κ1) is 28.1. The summed E-state index contributed by atoms with van der Waals surface area (Å²) in [6, 6.07) is 10.4. The SMILES string of the molecule is C=C/C=C(\C(C)=C(/C)NC(=C)Cc1cc(-c2cncc(NC(=C)C(C)C)c2)ncc1N)c1ccc(F)cc1. The first-order chi connectivity index (χ1) is 18.1. The van der Waals surface area contributed by atoms with Crippen LogP contribution in [0, 0.1) is 11.7 Å². The van der Waals surface area contributed by atoms with Gasteiger partial charge in [-0.15, -0.1) is 0 Å². The van der Waals surface area contributed by atoms with Crippen LogP contribution in [0.1, 0.15) is 38.8 Å². The molecule has 0 amide bonds. The van der Waals surface area contributed by atoms with Gasteiger partial charge in [0.05, 0.1) is 29.5 Å². The van der Waals surface area contributed by atoms with Crippen LogP contribution in [0.2, 0.25) is 0 Å². The second kappa shape index (κ2) is 12.7. The van der Waals surface area contributed by atoms with Crippen LogP contribution in [0.3, 0.4) is 0 Å².